The number of benzene rings is 1. The van der Waals surface area contributed by atoms with Gasteiger partial charge in [0.05, 0.1) is 17.5 Å². The first kappa shape index (κ1) is 16.1. The van der Waals surface area contributed by atoms with Crippen LogP contribution in [-0.2, 0) is 4.79 Å². The van der Waals surface area contributed by atoms with Gasteiger partial charge in [0.2, 0.25) is 5.91 Å². The molecule has 1 aliphatic heterocycles. The molecule has 3 rings (SSSR count). The largest absolute Gasteiger partial charge is 0.344 e. The van der Waals surface area contributed by atoms with Crippen LogP contribution in [0.3, 0.4) is 0 Å². The van der Waals surface area contributed by atoms with Crippen molar-refractivity contribution in [2.24, 2.45) is 5.92 Å². The van der Waals surface area contributed by atoms with Gasteiger partial charge in [0.1, 0.15) is 0 Å². The van der Waals surface area contributed by atoms with Crippen molar-refractivity contribution < 1.29 is 9.59 Å². The average molecular weight is 346 g/mol. The molecule has 2 aromatic rings. The third-order valence-electron chi connectivity index (χ3n) is 3.68. The van der Waals surface area contributed by atoms with Crippen LogP contribution in [0.25, 0.3) is 0 Å². The Morgan fingerprint density at radius 2 is 2.13 bits per heavy atom. The van der Waals surface area contributed by atoms with Crippen molar-refractivity contribution in [2.75, 3.05) is 11.1 Å². The highest BCUT2D eigenvalue weighted by Crippen LogP contribution is 2.32. The molecule has 0 radical (unpaired) electrons. The molecular formula is C17H18N2O2S2. The summed E-state index contributed by atoms with van der Waals surface area (Å²) in [4.78, 5) is 26.2. The Hall–Kier alpha value is -1.79. The van der Waals surface area contributed by atoms with Crippen molar-refractivity contribution in [3.05, 3.63) is 46.2 Å². The summed E-state index contributed by atoms with van der Waals surface area (Å²) < 4.78 is 0. The molecule has 6 heteroatoms. The molecular weight excluding hydrogens is 328 g/mol. The van der Waals surface area contributed by atoms with Gasteiger partial charge in [0.15, 0.2) is 0 Å². The van der Waals surface area contributed by atoms with E-state index in [1.54, 1.807) is 17.4 Å². The summed E-state index contributed by atoms with van der Waals surface area (Å²) >= 11 is 3.14. The van der Waals surface area contributed by atoms with E-state index in [4.69, 9.17) is 0 Å². The lowest BCUT2D eigenvalue weighted by Gasteiger charge is -2.22. The van der Waals surface area contributed by atoms with E-state index in [1.165, 1.54) is 11.8 Å². The third kappa shape index (κ3) is 3.59. The maximum absolute atomic E-state index is 12.6. The van der Waals surface area contributed by atoms with Crippen molar-refractivity contribution in [1.29, 1.82) is 0 Å². The molecule has 1 aromatic carbocycles. The highest BCUT2D eigenvalue weighted by Gasteiger charge is 2.22. The van der Waals surface area contributed by atoms with Crippen molar-refractivity contribution in [1.82, 2.24) is 5.32 Å². The number of anilines is 1. The van der Waals surface area contributed by atoms with E-state index in [-0.39, 0.29) is 17.9 Å². The van der Waals surface area contributed by atoms with Gasteiger partial charge in [-0.25, -0.2) is 0 Å². The first-order valence-electron chi connectivity index (χ1n) is 7.45. The Morgan fingerprint density at radius 1 is 1.30 bits per heavy atom. The van der Waals surface area contributed by atoms with Crippen molar-refractivity contribution in [3.8, 4) is 0 Å². The molecule has 4 nitrogen and oxygen atoms in total. The van der Waals surface area contributed by atoms with Crippen LogP contribution in [0.15, 0.2) is 40.6 Å². The lowest BCUT2D eigenvalue weighted by molar-refractivity contribution is -0.113. The number of nitrogens with one attached hydrogen (secondary N) is 2. The van der Waals surface area contributed by atoms with Crippen LogP contribution in [0, 0.1) is 5.92 Å². The zero-order valence-corrected chi connectivity index (χ0v) is 14.6. The smallest absolute Gasteiger partial charge is 0.251 e. The quantitative estimate of drug-likeness (QED) is 0.882. The number of rotatable bonds is 4. The molecule has 2 heterocycles. The van der Waals surface area contributed by atoms with Crippen LogP contribution in [-0.4, -0.2) is 17.6 Å². The summed E-state index contributed by atoms with van der Waals surface area (Å²) in [5.74, 6) is 0.570. The molecule has 2 N–H and O–H groups in total. The average Bonchev–Trinajstić information content (AvgIpc) is 3.05. The third-order valence-corrected chi connectivity index (χ3v) is 5.71. The monoisotopic (exact) mass is 346 g/mol. The maximum atomic E-state index is 12.6. The van der Waals surface area contributed by atoms with Gasteiger partial charge >= 0.3 is 0 Å². The Labute approximate surface area is 143 Å². The fourth-order valence-corrected chi connectivity index (χ4v) is 4.22. The first-order chi connectivity index (χ1) is 11.0. The lowest BCUT2D eigenvalue weighted by atomic mass is 10.0. The number of carbonyl (C=O) groups is 2. The normalized spacial score (nSPS) is 15.0. The lowest BCUT2D eigenvalue weighted by Crippen LogP contribution is -2.31. The van der Waals surface area contributed by atoms with Gasteiger partial charge in [-0.3, -0.25) is 9.59 Å². The number of carbonyl (C=O) groups excluding carboxylic acids is 2. The molecule has 0 fully saturated rings. The van der Waals surface area contributed by atoms with E-state index in [9.17, 15) is 9.59 Å². The second kappa shape index (κ2) is 6.76. The molecule has 0 aliphatic carbocycles. The topological polar surface area (TPSA) is 58.2 Å². The minimum Gasteiger partial charge on any atom is -0.344 e. The molecule has 1 unspecified atom stereocenters. The molecule has 1 aliphatic rings. The van der Waals surface area contributed by atoms with Gasteiger partial charge in [0.25, 0.3) is 5.91 Å². The van der Waals surface area contributed by atoms with Gasteiger partial charge in [-0.1, -0.05) is 19.9 Å². The summed E-state index contributed by atoms with van der Waals surface area (Å²) in [5, 5.41) is 7.94. The van der Waals surface area contributed by atoms with Crippen molar-refractivity contribution in [2.45, 2.75) is 24.8 Å². The number of hydrogen-bond donors (Lipinski definition) is 2. The van der Waals surface area contributed by atoms with Gasteiger partial charge in [-0.05, 0) is 35.6 Å². The zero-order chi connectivity index (χ0) is 16.4. The van der Waals surface area contributed by atoms with E-state index in [0.717, 1.165) is 15.5 Å². The number of thioether (sulfide) groups is 1. The fraction of sp³-hybridized carbons (Fsp3) is 0.294. The SMILES string of the molecule is CC(C)C(NC(=O)c1ccc2c(c1)NC(=O)CS2)c1cccs1. The standard InChI is InChI=1S/C17H18N2O2S2/c1-10(2)16(14-4-3-7-22-14)19-17(21)11-5-6-13-12(8-11)18-15(20)9-23-13/h3-8,10,16H,9H2,1-2H3,(H,18,20)(H,19,21). The molecule has 0 saturated heterocycles. The molecule has 23 heavy (non-hydrogen) atoms. The van der Waals surface area contributed by atoms with E-state index < -0.39 is 0 Å². The summed E-state index contributed by atoms with van der Waals surface area (Å²) in [7, 11) is 0. The number of amides is 2. The summed E-state index contributed by atoms with van der Waals surface area (Å²) in [6.45, 7) is 4.18. The van der Waals surface area contributed by atoms with Crippen LogP contribution >= 0.6 is 23.1 Å². The Kier molecular flexibility index (Phi) is 4.73. The number of fused-ring (bicyclic) bond motifs is 1. The van der Waals surface area contributed by atoms with Crippen molar-refractivity contribution >= 4 is 40.6 Å². The Morgan fingerprint density at radius 3 is 2.83 bits per heavy atom. The predicted octanol–water partition coefficient (Wildman–Crippen LogP) is 3.92. The van der Waals surface area contributed by atoms with E-state index in [0.29, 0.717) is 17.2 Å². The van der Waals surface area contributed by atoms with Gasteiger partial charge in [0, 0.05) is 15.3 Å². The van der Waals surface area contributed by atoms with Crippen LogP contribution in [0.5, 0.6) is 0 Å². The van der Waals surface area contributed by atoms with Crippen LogP contribution in [0.4, 0.5) is 5.69 Å². The van der Waals surface area contributed by atoms with Gasteiger partial charge in [-0.2, -0.15) is 0 Å². The van der Waals surface area contributed by atoms with Crippen LogP contribution in [0.2, 0.25) is 0 Å². The summed E-state index contributed by atoms with van der Waals surface area (Å²) in [5.41, 5.74) is 1.28. The van der Waals surface area contributed by atoms with E-state index in [2.05, 4.69) is 24.5 Å². The zero-order valence-electron chi connectivity index (χ0n) is 13.0. The maximum Gasteiger partial charge on any atom is 0.251 e. The molecule has 0 bridgehead atoms. The second-order valence-electron chi connectivity index (χ2n) is 5.76. The van der Waals surface area contributed by atoms with E-state index >= 15 is 0 Å². The number of hydrogen-bond acceptors (Lipinski definition) is 4. The Balaban J connectivity index is 1.80. The summed E-state index contributed by atoms with van der Waals surface area (Å²) in [6, 6.07) is 9.48. The second-order valence-corrected chi connectivity index (χ2v) is 7.75. The molecule has 1 atom stereocenters. The first-order valence-corrected chi connectivity index (χ1v) is 9.32. The highest BCUT2D eigenvalue weighted by atomic mass is 32.2. The minimum absolute atomic E-state index is 0.0116. The highest BCUT2D eigenvalue weighted by molar-refractivity contribution is 8.00. The summed E-state index contributed by atoms with van der Waals surface area (Å²) in [6.07, 6.45) is 0. The Bertz CT molecular complexity index is 726. The molecule has 0 spiro atoms. The molecule has 2 amide bonds. The minimum atomic E-state index is -0.121. The molecule has 120 valence electrons. The molecule has 0 saturated carbocycles. The van der Waals surface area contributed by atoms with E-state index in [1.807, 2.05) is 29.6 Å². The predicted molar refractivity (Wildman–Crippen MR) is 95.2 cm³/mol. The van der Waals surface area contributed by atoms with Crippen molar-refractivity contribution in [3.63, 3.8) is 0 Å². The molecule has 1 aromatic heterocycles. The fourth-order valence-electron chi connectivity index (χ4n) is 2.48. The van der Waals surface area contributed by atoms with Gasteiger partial charge in [-0.15, -0.1) is 23.1 Å². The van der Waals surface area contributed by atoms with Crippen LogP contribution < -0.4 is 10.6 Å². The van der Waals surface area contributed by atoms with Crippen LogP contribution in [0.1, 0.15) is 35.1 Å². The van der Waals surface area contributed by atoms with Gasteiger partial charge < -0.3 is 10.6 Å². The number of thiophene rings is 1.